The van der Waals surface area contributed by atoms with Gasteiger partial charge < -0.3 is 9.84 Å². The zero-order chi connectivity index (χ0) is 14.7. The molecule has 1 atom stereocenters. The van der Waals surface area contributed by atoms with Crippen molar-refractivity contribution in [1.82, 2.24) is 0 Å². The topological polar surface area (TPSA) is 29.5 Å². The van der Waals surface area contributed by atoms with Crippen LogP contribution in [0, 0.1) is 11.6 Å². The molecular formula is C15H13ClF2O2. The standard InChI is InChI=1S/C15H13ClF2O2/c1-9(19)10-3-5-15(14(18)6-10)20-8-11-2-4-12(16)7-13(11)17/h2-7,9,19H,8H2,1H3. The highest BCUT2D eigenvalue weighted by Gasteiger charge is 2.09. The van der Waals surface area contributed by atoms with Crippen molar-refractivity contribution in [1.29, 1.82) is 0 Å². The fourth-order valence-corrected chi connectivity index (χ4v) is 1.85. The molecule has 0 radical (unpaired) electrons. The SMILES string of the molecule is CC(O)c1ccc(OCc2ccc(Cl)cc2F)c(F)c1. The number of hydrogen-bond donors (Lipinski definition) is 1. The van der Waals surface area contributed by atoms with Gasteiger partial charge in [-0.15, -0.1) is 0 Å². The Bertz CT molecular complexity index is 615. The van der Waals surface area contributed by atoms with Gasteiger partial charge in [0.15, 0.2) is 11.6 Å². The summed E-state index contributed by atoms with van der Waals surface area (Å²) in [5, 5.41) is 9.63. The lowest BCUT2D eigenvalue weighted by Crippen LogP contribution is -2.01. The van der Waals surface area contributed by atoms with Crippen molar-refractivity contribution in [3.8, 4) is 5.75 Å². The van der Waals surface area contributed by atoms with Gasteiger partial charge in [-0.25, -0.2) is 8.78 Å². The lowest BCUT2D eigenvalue weighted by Gasteiger charge is -2.10. The van der Waals surface area contributed by atoms with Gasteiger partial charge in [-0.05, 0) is 36.8 Å². The summed E-state index contributed by atoms with van der Waals surface area (Å²) in [6, 6.07) is 8.35. The Balaban J connectivity index is 2.11. The third kappa shape index (κ3) is 3.46. The lowest BCUT2D eigenvalue weighted by molar-refractivity contribution is 0.198. The molecule has 0 heterocycles. The zero-order valence-corrected chi connectivity index (χ0v) is 11.5. The quantitative estimate of drug-likeness (QED) is 0.914. The molecule has 0 aliphatic rings. The van der Waals surface area contributed by atoms with Crippen LogP contribution in [0.2, 0.25) is 5.02 Å². The molecule has 0 spiro atoms. The van der Waals surface area contributed by atoms with E-state index in [1.165, 1.54) is 30.3 Å². The van der Waals surface area contributed by atoms with Gasteiger partial charge >= 0.3 is 0 Å². The van der Waals surface area contributed by atoms with Crippen LogP contribution in [0.5, 0.6) is 5.75 Å². The van der Waals surface area contributed by atoms with Crippen molar-refractivity contribution >= 4 is 11.6 Å². The smallest absolute Gasteiger partial charge is 0.165 e. The van der Waals surface area contributed by atoms with E-state index in [4.69, 9.17) is 16.3 Å². The van der Waals surface area contributed by atoms with Gasteiger partial charge in [0.25, 0.3) is 0 Å². The first-order chi connectivity index (χ1) is 9.47. The summed E-state index contributed by atoms with van der Waals surface area (Å²) in [6.07, 6.45) is -0.757. The predicted molar refractivity (Wildman–Crippen MR) is 72.8 cm³/mol. The second-order valence-corrected chi connectivity index (χ2v) is 4.83. The molecular weight excluding hydrogens is 286 g/mol. The number of benzene rings is 2. The van der Waals surface area contributed by atoms with Crippen LogP contribution < -0.4 is 4.74 Å². The largest absolute Gasteiger partial charge is 0.486 e. The first kappa shape index (κ1) is 14.8. The fraction of sp³-hybridized carbons (Fsp3) is 0.200. The van der Waals surface area contributed by atoms with Crippen molar-refractivity contribution in [2.24, 2.45) is 0 Å². The van der Waals surface area contributed by atoms with Crippen molar-refractivity contribution in [3.05, 3.63) is 64.2 Å². The van der Waals surface area contributed by atoms with Gasteiger partial charge in [-0.2, -0.15) is 0 Å². The van der Waals surface area contributed by atoms with Crippen LogP contribution in [-0.4, -0.2) is 5.11 Å². The van der Waals surface area contributed by atoms with Crippen LogP contribution in [0.3, 0.4) is 0 Å². The molecule has 1 N–H and O–H groups in total. The number of ether oxygens (including phenoxy) is 1. The summed E-state index contributed by atoms with van der Waals surface area (Å²) < 4.78 is 32.5. The maximum Gasteiger partial charge on any atom is 0.165 e. The maximum atomic E-state index is 13.7. The third-order valence-corrected chi connectivity index (χ3v) is 3.07. The molecule has 20 heavy (non-hydrogen) atoms. The van der Waals surface area contributed by atoms with E-state index in [-0.39, 0.29) is 17.9 Å². The highest BCUT2D eigenvalue weighted by atomic mass is 35.5. The Hall–Kier alpha value is -1.65. The Morgan fingerprint density at radius 3 is 2.50 bits per heavy atom. The van der Waals surface area contributed by atoms with Crippen molar-refractivity contribution in [3.63, 3.8) is 0 Å². The van der Waals surface area contributed by atoms with Gasteiger partial charge in [0.2, 0.25) is 0 Å². The number of hydrogen-bond acceptors (Lipinski definition) is 2. The number of aliphatic hydroxyl groups is 1. The summed E-state index contributed by atoms with van der Waals surface area (Å²) >= 11 is 5.64. The van der Waals surface area contributed by atoms with Gasteiger partial charge in [-0.1, -0.05) is 23.7 Å². The summed E-state index contributed by atoms with van der Waals surface area (Å²) in [7, 11) is 0. The monoisotopic (exact) mass is 298 g/mol. The highest BCUT2D eigenvalue weighted by Crippen LogP contribution is 2.23. The van der Waals surface area contributed by atoms with E-state index in [1.54, 1.807) is 13.0 Å². The predicted octanol–water partition coefficient (Wildman–Crippen LogP) is 4.25. The van der Waals surface area contributed by atoms with Crippen LogP contribution in [-0.2, 0) is 6.61 Å². The molecule has 0 aliphatic carbocycles. The fourth-order valence-electron chi connectivity index (χ4n) is 1.69. The average Bonchev–Trinajstić information content (AvgIpc) is 2.38. The Labute approximate surface area is 120 Å². The Morgan fingerprint density at radius 2 is 1.90 bits per heavy atom. The molecule has 0 saturated carbocycles. The van der Waals surface area contributed by atoms with E-state index in [0.717, 1.165) is 0 Å². The van der Waals surface area contributed by atoms with Gasteiger partial charge in [-0.3, -0.25) is 0 Å². The Kier molecular flexibility index (Phi) is 4.57. The van der Waals surface area contributed by atoms with Gasteiger partial charge in [0.05, 0.1) is 6.10 Å². The van der Waals surface area contributed by atoms with E-state index in [9.17, 15) is 13.9 Å². The second-order valence-electron chi connectivity index (χ2n) is 4.39. The number of halogens is 3. The van der Waals surface area contributed by atoms with Gasteiger partial charge in [0, 0.05) is 10.6 Å². The number of aliphatic hydroxyl groups excluding tert-OH is 1. The van der Waals surface area contributed by atoms with E-state index in [1.807, 2.05) is 0 Å². The molecule has 2 nitrogen and oxygen atoms in total. The normalized spacial score (nSPS) is 12.2. The summed E-state index contributed by atoms with van der Waals surface area (Å²) in [6.45, 7) is 1.44. The van der Waals surface area contributed by atoms with E-state index >= 15 is 0 Å². The second kappa shape index (κ2) is 6.20. The van der Waals surface area contributed by atoms with E-state index in [0.29, 0.717) is 10.6 Å². The van der Waals surface area contributed by atoms with Crippen molar-refractivity contribution in [2.45, 2.75) is 19.6 Å². The molecule has 5 heteroatoms. The molecule has 2 rings (SSSR count). The first-order valence-corrected chi connectivity index (χ1v) is 6.39. The third-order valence-electron chi connectivity index (χ3n) is 2.84. The molecule has 0 aromatic heterocycles. The average molecular weight is 299 g/mol. The van der Waals surface area contributed by atoms with Gasteiger partial charge in [0.1, 0.15) is 12.4 Å². The van der Waals surface area contributed by atoms with Crippen LogP contribution in [0.15, 0.2) is 36.4 Å². The summed E-state index contributed by atoms with van der Waals surface area (Å²) in [5.74, 6) is -1.10. The van der Waals surface area contributed by atoms with Crippen LogP contribution in [0.25, 0.3) is 0 Å². The van der Waals surface area contributed by atoms with E-state index < -0.39 is 17.7 Å². The molecule has 106 valence electrons. The lowest BCUT2D eigenvalue weighted by atomic mass is 10.1. The van der Waals surface area contributed by atoms with Crippen LogP contribution >= 0.6 is 11.6 Å². The summed E-state index contributed by atoms with van der Waals surface area (Å²) in [4.78, 5) is 0. The maximum absolute atomic E-state index is 13.7. The minimum atomic E-state index is -0.757. The number of rotatable bonds is 4. The zero-order valence-electron chi connectivity index (χ0n) is 10.7. The molecule has 2 aromatic carbocycles. The molecule has 0 fully saturated rings. The van der Waals surface area contributed by atoms with Crippen LogP contribution in [0.1, 0.15) is 24.2 Å². The van der Waals surface area contributed by atoms with E-state index in [2.05, 4.69) is 0 Å². The van der Waals surface area contributed by atoms with Crippen molar-refractivity contribution < 1.29 is 18.6 Å². The molecule has 0 amide bonds. The molecule has 0 aliphatic heterocycles. The molecule has 0 bridgehead atoms. The molecule has 2 aromatic rings. The highest BCUT2D eigenvalue weighted by molar-refractivity contribution is 6.30. The van der Waals surface area contributed by atoms with Crippen LogP contribution in [0.4, 0.5) is 8.78 Å². The van der Waals surface area contributed by atoms with Crippen molar-refractivity contribution in [2.75, 3.05) is 0 Å². The molecule has 1 unspecified atom stereocenters. The first-order valence-electron chi connectivity index (χ1n) is 6.01. The minimum Gasteiger partial charge on any atom is -0.486 e. The minimum absolute atomic E-state index is 0.00347. The summed E-state index contributed by atoms with van der Waals surface area (Å²) in [5.41, 5.74) is 0.737. The Morgan fingerprint density at radius 1 is 1.15 bits per heavy atom. The molecule has 0 saturated heterocycles.